The van der Waals surface area contributed by atoms with Crippen LogP contribution in [0.3, 0.4) is 0 Å². The standard InChI is InChI=1S/C8H3BrClFN2S/c9-8-13-12-7(14-8)4-1-5(10)3-6(11)2-4/h1-3H. The third-order valence-corrected chi connectivity index (χ3v) is 3.13. The van der Waals surface area contributed by atoms with E-state index in [0.717, 1.165) is 0 Å². The lowest BCUT2D eigenvalue weighted by molar-refractivity contribution is 0.628. The molecule has 0 atom stereocenters. The Labute approximate surface area is 96.9 Å². The molecule has 0 aliphatic rings. The van der Waals surface area contributed by atoms with Crippen LogP contribution in [0, 0.1) is 5.82 Å². The largest absolute Gasteiger partial charge is 0.207 e. The van der Waals surface area contributed by atoms with Gasteiger partial charge in [-0.2, -0.15) is 0 Å². The lowest BCUT2D eigenvalue weighted by Crippen LogP contribution is -1.80. The van der Waals surface area contributed by atoms with Gasteiger partial charge in [0.15, 0.2) is 3.92 Å². The first kappa shape index (κ1) is 10.0. The summed E-state index contributed by atoms with van der Waals surface area (Å²) >= 11 is 10.2. The number of nitrogens with zero attached hydrogens (tertiary/aromatic N) is 2. The van der Waals surface area contributed by atoms with E-state index in [0.29, 0.717) is 19.5 Å². The summed E-state index contributed by atoms with van der Waals surface area (Å²) in [5.74, 6) is -0.376. The molecule has 0 fully saturated rings. The summed E-state index contributed by atoms with van der Waals surface area (Å²) in [6, 6.07) is 4.28. The average molecular weight is 294 g/mol. The van der Waals surface area contributed by atoms with Crippen molar-refractivity contribution in [1.82, 2.24) is 10.2 Å². The summed E-state index contributed by atoms with van der Waals surface area (Å²) < 4.78 is 13.6. The minimum atomic E-state index is -0.376. The van der Waals surface area contributed by atoms with Crippen molar-refractivity contribution in [3.05, 3.63) is 33.0 Å². The molecule has 0 saturated heterocycles. The first-order valence-electron chi connectivity index (χ1n) is 3.60. The van der Waals surface area contributed by atoms with Gasteiger partial charge in [0.2, 0.25) is 0 Å². The normalized spacial score (nSPS) is 10.5. The summed E-state index contributed by atoms with van der Waals surface area (Å²) in [6.07, 6.45) is 0. The third-order valence-electron chi connectivity index (χ3n) is 1.51. The zero-order valence-corrected chi connectivity index (χ0v) is 9.83. The van der Waals surface area contributed by atoms with Crippen LogP contribution in [0.1, 0.15) is 0 Å². The van der Waals surface area contributed by atoms with E-state index in [1.54, 1.807) is 6.07 Å². The van der Waals surface area contributed by atoms with Crippen LogP contribution in [-0.4, -0.2) is 10.2 Å². The van der Waals surface area contributed by atoms with Crippen molar-refractivity contribution in [2.24, 2.45) is 0 Å². The number of benzene rings is 1. The molecule has 0 aliphatic heterocycles. The molecular formula is C8H3BrClFN2S. The number of aromatic nitrogens is 2. The van der Waals surface area contributed by atoms with Crippen LogP contribution < -0.4 is 0 Å². The Morgan fingerprint density at radius 3 is 2.64 bits per heavy atom. The number of rotatable bonds is 1. The van der Waals surface area contributed by atoms with Crippen molar-refractivity contribution >= 4 is 38.9 Å². The van der Waals surface area contributed by atoms with E-state index in [1.807, 2.05) is 0 Å². The molecule has 6 heteroatoms. The third kappa shape index (κ3) is 2.10. The maximum Gasteiger partial charge on any atom is 0.183 e. The zero-order chi connectivity index (χ0) is 10.1. The van der Waals surface area contributed by atoms with Crippen LogP contribution >= 0.6 is 38.9 Å². The van der Waals surface area contributed by atoms with Gasteiger partial charge in [0.05, 0.1) is 0 Å². The maximum absolute atomic E-state index is 13.0. The molecule has 0 amide bonds. The van der Waals surface area contributed by atoms with Gasteiger partial charge >= 0.3 is 0 Å². The van der Waals surface area contributed by atoms with Crippen molar-refractivity contribution in [2.75, 3.05) is 0 Å². The molecule has 72 valence electrons. The Bertz CT molecular complexity index is 454. The Hall–Kier alpha value is -0.520. The molecular weight excluding hydrogens is 291 g/mol. The molecule has 0 unspecified atom stereocenters. The van der Waals surface area contributed by atoms with Crippen molar-refractivity contribution in [3.63, 3.8) is 0 Å². The Morgan fingerprint density at radius 1 is 1.29 bits per heavy atom. The molecule has 0 bridgehead atoms. The van der Waals surface area contributed by atoms with Gasteiger partial charge in [0.1, 0.15) is 10.8 Å². The Kier molecular flexibility index (Phi) is 2.80. The number of hydrogen-bond donors (Lipinski definition) is 0. The fourth-order valence-corrected chi connectivity index (χ4v) is 2.32. The lowest BCUT2D eigenvalue weighted by atomic mass is 10.2. The first-order valence-corrected chi connectivity index (χ1v) is 5.59. The van der Waals surface area contributed by atoms with E-state index in [2.05, 4.69) is 26.1 Å². The molecule has 2 nitrogen and oxygen atoms in total. The number of halogens is 3. The predicted octanol–water partition coefficient (Wildman–Crippen LogP) is 3.76. The van der Waals surface area contributed by atoms with Gasteiger partial charge in [-0.3, -0.25) is 0 Å². The second kappa shape index (κ2) is 3.92. The summed E-state index contributed by atoms with van der Waals surface area (Å²) in [4.78, 5) is 0. The monoisotopic (exact) mass is 292 g/mol. The zero-order valence-electron chi connectivity index (χ0n) is 6.67. The fraction of sp³-hybridized carbons (Fsp3) is 0. The van der Waals surface area contributed by atoms with Gasteiger partial charge in [-0.25, -0.2) is 4.39 Å². The van der Waals surface area contributed by atoms with Crippen molar-refractivity contribution in [2.45, 2.75) is 0 Å². The molecule has 2 rings (SSSR count). The number of hydrogen-bond acceptors (Lipinski definition) is 3. The summed E-state index contributed by atoms with van der Waals surface area (Å²) in [5.41, 5.74) is 0.637. The average Bonchev–Trinajstić information content (AvgIpc) is 2.50. The van der Waals surface area contributed by atoms with Crippen molar-refractivity contribution in [3.8, 4) is 10.6 Å². The molecule has 0 aliphatic carbocycles. The van der Waals surface area contributed by atoms with E-state index >= 15 is 0 Å². The molecule has 2 aromatic rings. The van der Waals surface area contributed by atoms with Crippen LogP contribution in [0.5, 0.6) is 0 Å². The molecule has 14 heavy (non-hydrogen) atoms. The first-order chi connectivity index (χ1) is 6.65. The van der Waals surface area contributed by atoms with E-state index in [1.165, 1.54) is 23.5 Å². The van der Waals surface area contributed by atoms with Crippen LogP contribution in [0.15, 0.2) is 22.1 Å². The molecule has 0 spiro atoms. The minimum Gasteiger partial charge on any atom is -0.207 e. The highest BCUT2D eigenvalue weighted by Gasteiger charge is 2.07. The highest BCUT2D eigenvalue weighted by atomic mass is 79.9. The highest BCUT2D eigenvalue weighted by Crippen LogP contribution is 2.28. The smallest absolute Gasteiger partial charge is 0.183 e. The molecule has 1 aromatic carbocycles. The molecule has 0 N–H and O–H groups in total. The van der Waals surface area contributed by atoms with Crippen LogP contribution in [0.2, 0.25) is 5.02 Å². The van der Waals surface area contributed by atoms with Gasteiger partial charge < -0.3 is 0 Å². The summed E-state index contributed by atoms with van der Waals surface area (Å²) in [5, 5.41) is 8.63. The van der Waals surface area contributed by atoms with Gasteiger partial charge in [0.25, 0.3) is 0 Å². The molecule has 1 aromatic heterocycles. The van der Waals surface area contributed by atoms with Crippen molar-refractivity contribution < 1.29 is 4.39 Å². The van der Waals surface area contributed by atoms with Gasteiger partial charge in [-0.05, 0) is 34.1 Å². The van der Waals surface area contributed by atoms with E-state index in [-0.39, 0.29) is 5.82 Å². The molecule has 0 saturated carbocycles. The van der Waals surface area contributed by atoms with E-state index in [9.17, 15) is 4.39 Å². The second-order valence-electron chi connectivity index (χ2n) is 2.52. The summed E-state index contributed by atoms with van der Waals surface area (Å²) in [6.45, 7) is 0. The topological polar surface area (TPSA) is 25.8 Å². The fourth-order valence-electron chi connectivity index (χ4n) is 0.999. The van der Waals surface area contributed by atoms with E-state index < -0.39 is 0 Å². The van der Waals surface area contributed by atoms with Gasteiger partial charge in [-0.1, -0.05) is 22.9 Å². The minimum absolute atomic E-state index is 0.353. The van der Waals surface area contributed by atoms with Crippen LogP contribution in [-0.2, 0) is 0 Å². The SMILES string of the molecule is Fc1cc(Cl)cc(-c2nnc(Br)s2)c1. The van der Waals surface area contributed by atoms with E-state index in [4.69, 9.17) is 11.6 Å². The van der Waals surface area contributed by atoms with Gasteiger partial charge in [0, 0.05) is 10.6 Å². The van der Waals surface area contributed by atoms with Crippen molar-refractivity contribution in [1.29, 1.82) is 0 Å². The predicted molar refractivity (Wildman–Crippen MR) is 58.0 cm³/mol. The second-order valence-corrected chi connectivity index (χ2v) is 5.21. The highest BCUT2D eigenvalue weighted by molar-refractivity contribution is 9.11. The van der Waals surface area contributed by atoms with Crippen LogP contribution in [0.4, 0.5) is 4.39 Å². The quantitative estimate of drug-likeness (QED) is 0.800. The Balaban J connectivity index is 2.51. The molecule has 1 heterocycles. The van der Waals surface area contributed by atoms with Gasteiger partial charge in [-0.15, -0.1) is 10.2 Å². The Morgan fingerprint density at radius 2 is 2.07 bits per heavy atom. The van der Waals surface area contributed by atoms with Crippen LogP contribution in [0.25, 0.3) is 10.6 Å². The molecule has 0 radical (unpaired) electrons. The lowest BCUT2D eigenvalue weighted by Gasteiger charge is -1.96. The maximum atomic E-state index is 13.0. The summed E-state index contributed by atoms with van der Waals surface area (Å²) in [7, 11) is 0.